The van der Waals surface area contributed by atoms with Crippen LogP contribution >= 0.6 is 17.0 Å². The summed E-state index contributed by atoms with van der Waals surface area (Å²) in [6.45, 7) is 4.45. The van der Waals surface area contributed by atoms with Crippen molar-refractivity contribution in [1.82, 2.24) is 0 Å². The van der Waals surface area contributed by atoms with E-state index in [1.807, 2.05) is 0 Å². The molecule has 1 unspecified atom stereocenters. The Morgan fingerprint density at radius 2 is 1.90 bits per heavy atom. The molecule has 3 heteroatoms. The number of aryl methyl sites for hydroxylation is 2. The SMILES string of the molecule is Cc1ccc(C)c2c1C=CC2CC1=CC=CC1.[Cl][Zr][Cl]. The molecule has 1 aromatic rings. The van der Waals surface area contributed by atoms with Gasteiger partial charge in [-0.15, -0.1) is 0 Å². The Bertz CT molecular complexity index is 571. The maximum absolute atomic E-state index is 4.93. The molecule has 3 rings (SSSR count). The van der Waals surface area contributed by atoms with E-state index in [1.54, 1.807) is 11.1 Å². The number of allylic oxidation sites excluding steroid dienone is 5. The normalized spacial score (nSPS) is 18.4. The molecule has 0 amide bonds. The van der Waals surface area contributed by atoms with Gasteiger partial charge in [0, 0.05) is 5.92 Å². The third kappa shape index (κ3) is 3.76. The molecule has 0 nitrogen and oxygen atoms in total. The minimum atomic E-state index is -0.826. The molecule has 0 radical (unpaired) electrons. The van der Waals surface area contributed by atoms with Crippen molar-refractivity contribution >= 4 is 23.1 Å². The molecule has 0 spiro atoms. The van der Waals surface area contributed by atoms with Crippen molar-refractivity contribution in [3.05, 3.63) is 64.3 Å². The van der Waals surface area contributed by atoms with E-state index < -0.39 is 20.8 Å². The van der Waals surface area contributed by atoms with Crippen LogP contribution in [0.2, 0.25) is 0 Å². The first kappa shape index (κ1) is 16.3. The second-order valence-corrected chi connectivity index (χ2v) is 8.96. The monoisotopic (exact) mass is 382 g/mol. The van der Waals surface area contributed by atoms with Gasteiger partial charge in [0.25, 0.3) is 0 Å². The average molecular weight is 384 g/mol. The fourth-order valence-corrected chi connectivity index (χ4v) is 2.97. The van der Waals surface area contributed by atoms with Gasteiger partial charge in [-0.2, -0.15) is 0 Å². The molecule has 104 valence electrons. The van der Waals surface area contributed by atoms with Crippen molar-refractivity contribution in [3.63, 3.8) is 0 Å². The molecule has 0 aliphatic heterocycles. The molecule has 0 saturated carbocycles. The summed E-state index contributed by atoms with van der Waals surface area (Å²) in [7, 11) is 9.87. The van der Waals surface area contributed by atoms with Crippen LogP contribution in [0.4, 0.5) is 0 Å². The number of fused-ring (bicyclic) bond motifs is 1. The van der Waals surface area contributed by atoms with Gasteiger partial charge in [0.05, 0.1) is 0 Å². The van der Waals surface area contributed by atoms with E-state index in [2.05, 4.69) is 56.4 Å². The van der Waals surface area contributed by atoms with Gasteiger partial charge < -0.3 is 0 Å². The van der Waals surface area contributed by atoms with Crippen LogP contribution in [0.1, 0.15) is 41.0 Å². The Kier molecular flexibility index (Phi) is 6.33. The maximum atomic E-state index is 4.93. The summed E-state index contributed by atoms with van der Waals surface area (Å²) in [5, 5.41) is 0. The zero-order valence-corrected chi connectivity index (χ0v) is 15.8. The summed E-state index contributed by atoms with van der Waals surface area (Å²) in [6.07, 6.45) is 13.7. The molecule has 0 N–H and O–H groups in total. The van der Waals surface area contributed by atoms with Crippen molar-refractivity contribution in [3.8, 4) is 0 Å². The van der Waals surface area contributed by atoms with E-state index in [0.29, 0.717) is 5.92 Å². The quantitative estimate of drug-likeness (QED) is 0.581. The Balaban J connectivity index is 0.000000452. The third-order valence-electron chi connectivity index (χ3n) is 3.92. The van der Waals surface area contributed by atoms with Crippen LogP contribution in [0.15, 0.2) is 42.0 Å². The Labute approximate surface area is 140 Å². The van der Waals surface area contributed by atoms with Crippen LogP contribution in [-0.4, -0.2) is 0 Å². The summed E-state index contributed by atoms with van der Waals surface area (Å²) < 4.78 is 0. The first-order valence-electron chi connectivity index (χ1n) is 6.76. The van der Waals surface area contributed by atoms with Gasteiger partial charge >= 0.3 is 37.9 Å². The van der Waals surface area contributed by atoms with E-state index in [9.17, 15) is 0 Å². The van der Waals surface area contributed by atoms with Gasteiger partial charge in [0.1, 0.15) is 0 Å². The van der Waals surface area contributed by atoms with E-state index in [0.717, 1.165) is 6.42 Å². The number of hydrogen-bond donors (Lipinski definition) is 0. The van der Waals surface area contributed by atoms with Crippen molar-refractivity contribution < 1.29 is 20.8 Å². The molecule has 1 atom stereocenters. The van der Waals surface area contributed by atoms with E-state index in [1.165, 1.54) is 23.1 Å². The molecule has 0 saturated heterocycles. The van der Waals surface area contributed by atoms with Gasteiger partial charge in [-0.05, 0) is 48.9 Å². The van der Waals surface area contributed by atoms with Crippen molar-refractivity contribution in [2.24, 2.45) is 0 Å². The molecule has 2 aliphatic rings. The Morgan fingerprint density at radius 1 is 1.20 bits per heavy atom. The fourth-order valence-electron chi connectivity index (χ4n) is 2.97. The van der Waals surface area contributed by atoms with Gasteiger partial charge in [-0.1, -0.05) is 48.1 Å². The van der Waals surface area contributed by atoms with Crippen molar-refractivity contribution in [2.45, 2.75) is 32.6 Å². The third-order valence-corrected chi connectivity index (χ3v) is 3.92. The van der Waals surface area contributed by atoms with Crippen LogP contribution < -0.4 is 0 Å². The predicted octanol–water partition coefficient (Wildman–Crippen LogP) is 6.07. The summed E-state index contributed by atoms with van der Waals surface area (Å²) in [6, 6.07) is 4.49. The average Bonchev–Trinajstić information content (AvgIpc) is 3.06. The molecule has 0 heterocycles. The topological polar surface area (TPSA) is 0 Å². The minimum absolute atomic E-state index is 0.594. The zero-order chi connectivity index (χ0) is 14.5. The summed E-state index contributed by atoms with van der Waals surface area (Å²) in [5.41, 5.74) is 7.42. The van der Waals surface area contributed by atoms with Crippen molar-refractivity contribution in [1.29, 1.82) is 0 Å². The number of benzene rings is 1. The summed E-state index contributed by atoms with van der Waals surface area (Å²) in [5.74, 6) is 0.594. The molecule has 20 heavy (non-hydrogen) atoms. The second-order valence-electron chi connectivity index (χ2n) is 5.23. The van der Waals surface area contributed by atoms with Crippen molar-refractivity contribution in [2.75, 3.05) is 0 Å². The summed E-state index contributed by atoms with van der Waals surface area (Å²) in [4.78, 5) is 0. The molecule has 0 aromatic heterocycles. The fraction of sp³-hybridized carbons (Fsp3) is 0.294. The van der Waals surface area contributed by atoms with Gasteiger partial charge in [-0.25, -0.2) is 0 Å². The van der Waals surface area contributed by atoms with E-state index in [-0.39, 0.29) is 0 Å². The Hall–Kier alpha value is -0.0969. The van der Waals surface area contributed by atoms with Crippen LogP contribution in [0.25, 0.3) is 6.08 Å². The van der Waals surface area contributed by atoms with Crippen LogP contribution in [0.3, 0.4) is 0 Å². The zero-order valence-electron chi connectivity index (χ0n) is 11.8. The van der Waals surface area contributed by atoms with E-state index in [4.69, 9.17) is 17.0 Å². The molecule has 2 aliphatic carbocycles. The number of rotatable bonds is 2. The van der Waals surface area contributed by atoms with Gasteiger partial charge in [0.2, 0.25) is 0 Å². The second kappa shape index (κ2) is 7.78. The molecule has 0 bridgehead atoms. The first-order chi connectivity index (χ1) is 9.67. The molecule has 0 fully saturated rings. The molecular weight excluding hydrogens is 366 g/mol. The van der Waals surface area contributed by atoms with Gasteiger partial charge in [0.15, 0.2) is 0 Å². The molecular formula is C17H18Cl2Zr. The van der Waals surface area contributed by atoms with E-state index >= 15 is 0 Å². The summed E-state index contributed by atoms with van der Waals surface area (Å²) >= 11 is -0.826. The molecule has 1 aromatic carbocycles. The Morgan fingerprint density at radius 3 is 2.55 bits per heavy atom. The van der Waals surface area contributed by atoms with Crippen LogP contribution in [0, 0.1) is 13.8 Å². The van der Waals surface area contributed by atoms with Crippen LogP contribution in [0.5, 0.6) is 0 Å². The predicted molar refractivity (Wildman–Crippen MR) is 85.9 cm³/mol. The van der Waals surface area contributed by atoms with Crippen LogP contribution in [-0.2, 0) is 20.8 Å². The first-order valence-corrected chi connectivity index (χ1v) is 13.1. The number of hydrogen-bond acceptors (Lipinski definition) is 0. The van der Waals surface area contributed by atoms with Gasteiger partial charge in [-0.3, -0.25) is 0 Å². The standard InChI is InChI=1S/C17H18.2ClH.Zr/c1-12-7-8-13(2)17-15(9-10-16(12)17)11-14-5-3-4-6-14;;;/h3-5,7-10,15H,6,11H2,1-2H3;2*1H;/q;;;+2/p-2. The number of halogens is 2.